The second-order valence-electron chi connectivity index (χ2n) is 15.7. The van der Waals surface area contributed by atoms with E-state index in [0.29, 0.717) is 35.4 Å². The van der Waals surface area contributed by atoms with Gasteiger partial charge < -0.3 is 18.9 Å². The Kier molecular flexibility index (Phi) is 15.0. The molecule has 0 aliphatic carbocycles. The van der Waals surface area contributed by atoms with Crippen LogP contribution in [0.3, 0.4) is 0 Å². The van der Waals surface area contributed by atoms with E-state index in [1.165, 1.54) is 48.2 Å². The number of nitrogens with zero attached hydrogens (tertiary/aromatic N) is 10. The summed E-state index contributed by atoms with van der Waals surface area (Å²) in [7, 11) is 2.95. The molecule has 4 aromatic rings. The van der Waals surface area contributed by atoms with E-state index in [-0.39, 0.29) is 23.6 Å². The molecule has 6 rings (SSSR count). The Bertz CT molecular complexity index is 2420. The third kappa shape index (κ3) is 12.8. The molecule has 70 heavy (non-hydrogen) atoms. The number of rotatable bonds is 16. The van der Waals surface area contributed by atoms with Gasteiger partial charge in [-0.25, -0.2) is 9.59 Å². The number of hydrogen-bond donors (Lipinski definition) is 0. The van der Waals surface area contributed by atoms with E-state index in [9.17, 15) is 62.3 Å². The van der Waals surface area contributed by atoms with Gasteiger partial charge in [-0.15, -0.1) is 0 Å². The van der Waals surface area contributed by atoms with Crippen LogP contribution in [0, 0.1) is 0 Å². The predicted molar refractivity (Wildman–Crippen MR) is 214 cm³/mol. The summed E-state index contributed by atoms with van der Waals surface area (Å²) in [6, 6.07) is 12.7. The summed E-state index contributed by atoms with van der Waals surface area (Å²) in [5, 5.41) is 28.7. The number of carbonyl (C=O) groups is 2. The Morgan fingerprint density at radius 3 is 1.07 bits per heavy atom. The van der Waals surface area contributed by atoms with Gasteiger partial charge in [0.05, 0.1) is 35.3 Å². The highest BCUT2D eigenvalue weighted by molar-refractivity contribution is 6.29. The van der Waals surface area contributed by atoms with Crippen molar-refractivity contribution in [2.75, 3.05) is 27.2 Å². The maximum Gasteiger partial charge on any atom is 0.421 e. The summed E-state index contributed by atoms with van der Waals surface area (Å²) >= 11 is 0. The van der Waals surface area contributed by atoms with Gasteiger partial charge in [0.1, 0.15) is 24.7 Å². The zero-order valence-corrected chi connectivity index (χ0v) is 36.5. The predicted octanol–water partition coefficient (Wildman–Crippen LogP) is 11.7. The topological polar surface area (TPSA) is 176 Å². The van der Waals surface area contributed by atoms with Crippen LogP contribution in [-0.4, -0.2) is 60.6 Å². The first-order valence-corrected chi connectivity index (χ1v) is 20.1. The fourth-order valence-electron chi connectivity index (χ4n) is 6.89. The Hall–Kier alpha value is -7.10. The first-order valence-electron chi connectivity index (χ1n) is 20.1. The summed E-state index contributed by atoms with van der Waals surface area (Å²) in [5.74, 6) is -7.95. The van der Waals surface area contributed by atoms with Crippen LogP contribution in [0.4, 0.5) is 52.7 Å². The lowest BCUT2D eigenvalue weighted by Gasteiger charge is -2.32. The van der Waals surface area contributed by atoms with Crippen molar-refractivity contribution in [2.24, 2.45) is 41.4 Å². The minimum atomic E-state index is -5.08. The van der Waals surface area contributed by atoms with Crippen LogP contribution >= 0.6 is 0 Å². The number of alkyl halides is 12. The Morgan fingerprint density at radius 2 is 0.786 bits per heavy atom. The highest BCUT2D eigenvalue weighted by Gasteiger charge is 2.47. The van der Waals surface area contributed by atoms with E-state index in [1.54, 1.807) is 38.1 Å². The van der Waals surface area contributed by atoms with Crippen molar-refractivity contribution in [3.63, 3.8) is 0 Å². The van der Waals surface area contributed by atoms with E-state index >= 15 is 0 Å². The molecule has 0 saturated carbocycles. The minimum absolute atomic E-state index is 0.00914. The molecule has 374 valence electrons. The number of para-hydroxylation sites is 2. The fourth-order valence-corrected chi connectivity index (χ4v) is 6.89. The number of likely N-dealkylation sites (N-methyl/N-ethyl adjacent to an activating group) is 2. The molecule has 0 radical (unpaired) electrons. The maximum atomic E-state index is 13.5. The van der Waals surface area contributed by atoms with Gasteiger partial charge >= 0.3 is 48.3 Å². The maximum absolute atomic E-state index is 13.5. The number of ether oxygens (including phenoxy) is 4. The summed E-state index contributed by atoms with van der Waals surface area (Å²) < 4.78 is 184. The number of carbonyl (C=O) groups excluding carboxylic acids is 2. The standard InChI is InChI=1S/C42H36F12N10O6/c1-23(31-9-5-7-11-33(31)67-19-25-13-27(39(43,44)45)17-28(14-25)40(46,47)48)63(3)21-37(55-59-60-56-37)69-35(65)36(66)70-38(57-61-62-58-38)22-64(4)24(2)32-10-6-8-12-34(32)68-20-26-15-29(41(49,50)51)18-30(16-26)42(52,53)54/h5-18,23-24H,19-22H2,1-4H3. The van der Waals surface area contributed by atoms with Gasteiger partial charge in [-0.3, -0.25) is 9.80 Å². The molecule has 2 atom stereocenters. The molecule has 2 aliphatic heterocycles. The van der Waals surface area contributed by atoms with Gasteiger partial charge in [-0.2, -0.15) is 52.7 Å². The SMILES string of the molecule is CC(c1ccccc1OCc1cc(C(F)(F)F)cc(C(F)(F)F)c1)N(C)CC1(OC(=O)C(=O)OC2(CN(C)C(C)c3ccccc3OCc3cc(C(F)(F)F)cc(C(F)(F)F)c3)N=NN=N2)N=NN=N1. The van der Waals surface area contributed by atoms with Gasteiger partial charge in [-0.05, 0) is 108 Å². The lowest BCUT2D eigenvalue weighted by molar-refractivity contribution is -0.187. The molecule has 0 N–H and O–H groups in total. The first-order chi connectivity index (χ1) is 32.6. The van der Waals surface area contributed by atoms with Gasteiger partial charge in [0.2, 0.25) is 0 Å². The van der Waals surface area contributed by atoms with Crippen molar-refractivity contribution in [3.05, 3.63) is 129 Å². The van der Waals surface area contributed by atoms with E-state index in [4.69, 9.17) is 18.9 Å². The highest BCUT2D eigenvalue weighted by atomic mass is 19.4. The lowest BCUT2D eigenvalue weighted by Crippen LogP contribution is -2.46. The lowest BCUT2D eigenvalue weighted by atomic mass is 10.0. The van der Waals surface area contributed by atoms with Gasteiger partial charge in [0, 0.05) is 23.2 Å². The molecule has 28 heteroatoms. The molecule has 0 amide bonds. The number of benzene rings is 4. The molecular formula is C42H36F12N10O6. The average molecular weight is 1000 g/mol. The number of esters is 2. The van der Waals surface area contributed by atoms with Crippen LogP contribution in [0.5, 0.6) is 11.5 Å². The Labute approximate surface area is 387 Å². The zero-order valence-electron chi connectivity index (χ0n) is 36.5. The van der Waals surface area contributed by atoms with Crippen molar-refractivity contribution in [1.29, 1.82) is 0 Å². The van der Waals surface area contributed by atoms with Crippen LogP contribution in [0.2, 0.25) is 0 Å². The smallest absolute Gasteiger partial charge is 0.421 e. The summed E-state index contributed by atoms with van der Waals surface area (Å²) in [4.78, 5) is 29.6. The van der Waals surface area contributed by atoms with Crippen LogP contribution in [0.25, 0.3) is 0 Å². The summed E-state index contributed by atoms with van der Waals surface area (Å²) in [5.41, 5.74) is -6.25. The zero-order chi connectivity index (χ0) is 51.5. The molecule has 0 fully saturated rings. The first kappa shape index (κ1) is 52.3. The summed E-state index contributed by atoms with van der Waals surface area (Å²) in [6.07, 6.45) is -20.3. The molecule has 0 bridgehead atoms. The van der Waals surface area contributed by atoms with Crippen molar-refractivity contribution in [3.8, 4) is 11.5 Å². The van der Waals surface area contributed by atoms with Crippen molar-refractivity contribution >= 4 is 11.9 Å². The molecule has 0 aromatic heterocycles. The fraction of sp³-hybridized carbons (Fsp3) is 0.381. The number of hydrogen-bond acceptors (Lipinski definition) is 16. The monoisotopic (exact) mass is 1000 g/mol. The highest BCUT2D eigenvalue weighted by Crippen LogP contribution is 2.40. The van der Waals surface area contributed by atoms with Gasteiger partial charge in [0.25, 0.3) is 0 Å². The largest absolute Gasteiger partial charge is 0.489 e. The Morgan fingerprint density at radius 1 is 0.500 bits per heavy atom. The van der Waals surface area contributed by atoms with Crippen molar-refractivity contribution in [1.82, 2.24) is 9.80 Å². The van der Waals surface area contributed by atoms with Gasteiger partial charge in [-0.1, -0.05) is 56.9 Å². The quantitative estimate of drug-likeness (QED) is 0.0605. The molecule has 0 saturated heterocycles. The molecular weight excluding hydrogens is 969 g/mol. The van der Waals surface area contributed by atoms with E-state index < -0.39 is 120 Å². The van der Waals surface area contributed by atoms with E-state index in [1.807, 2.05) is 0 Å². The number of halogens is 12. The normalized spacial score (nSPS) is 16.2. The van der Waals surface area contributed by atoms with E-state index in [0.717, 1.165) is 0 Å². The van der Waals surface area contributed by atoms with E-state index in [2.05, 4.69) is 41.4 Å². The van der Waals surface area contributed by atoms with Crippen LogP contribution in [0.15, 0.2) is 126 Å². The van der Waals surface area contributed by atoms with Crippen LogP contribution < -0.4 is 9.47 Å². The molecule has 16 nitrogen and oxygen atoms in total. The van der Waals surface area contributed by atoms with Gasteiger partial charge in [0.15, 0.2) is 0 Å². The van der Waals surface area contributed by atoms with Crippen LogP contribution in [-0.2, 0) is 57.0 Å². The second kappa shape index (κ2) is 20.1. The molecule has 2 heterocycles. The second-order valence-corrected chi connectivity index (χ2v) is 15.7. The third-order valence-electron chi connectivity index (χ3n) is 10.6. The van der Waals surface area contributed by atoms with Crippen molar-refractivity contribution < 1.29 is 81.2 Å². The average Bonchev–Trinajstić information content (AvgIpc) is 3.95. The molecule has 2 unspecified atom stereocenters. The molecule has 2 aliphatic rings. The van der Waals surface area contributed by atoms with Crippen molar-refractivity contribution in [2.45, 2.75) is 75.5 Å². The van der Waals surface area contributed by atoms with Crippen LogP contribution in [0.1, 0.15) is 70.4 Å². The molecule has 4 aromatic carbocycles. The third-order valence-corrected chi connectivity index (χ3v) is 10.6. The minimum Gasteiger partial charge on any atom is -0.489 e. The summed E-state index contributed by atoms with van der Waals surface area (Å²) in [6.45, 7) is 0.863. The Balaban J connectivity index is 1.11. The molecule has 0 spiro atoms.